The fourth-order valence-electron chi connectivity index (χ4n) is 8.13. The van der Waals surface area contributed by atoms with Gasteiger partial charge in [0.15, 0.2) is 0 Å². The highest BCUT2D eigenvalue weighted by atomic mass is 16.2. The van der Waals surface area contributed by atoms with E-state index in [1.807, 2.05) is 50.8 Å². The van der Waals surface area contributed by atoms with E-state index in [9.17, 15) is 14.4 Å². The average Bonchev–Trinajstić information content (AvgIpc) is 3.38. The van der Waals surface area contributed by atoms with Gasteiger partial charge in [-0.15, -0.1) is 0 Å². The molecule has 2 N–H and O–H groups in total. The lowest BCUT2D eigenvalue weighted by molar-refractivity contribution is -0.143. The van der Waals surface area contributed by atoms with Crippen molar-refractivity contribution in [1.29, 1.82) is 0 Å². The quantitative estimate of drug-likeness (QED) is 0.412. The van der Waals surface area contributed by atoms with Crippen molar-refractivity contribution in [3.8, 4) is 0 Å². The molecule has 0 saturated carbocycles. The number of hydrogen-bond acceptors (Lipinski definition) is 6. The monoisotopic (exact) mass is 640 g/mol. The largest absolute Gasteiger partial charge is 0.343 e. The normalized spacial score (nSPS) is 21.0. The van der Waals surface area contributed by atoms with Crippen molar-refractivity contribution in [1.82, 2.24) is 34.7 Å². The van der Waals surface area contributed by atoms with E-state index in [0.29, 0.717) is 32.1 Å². The fourth-order valence-corrected chi connectivity index (χ4v) is 8.13. The molecule has 2 aromatic carbocycles. The molecule has 4 amide bonds. The van der Waals surface area contributed by atoms with Crippen LogP contribution in [-0.4, -0.2) is 118 Å². The maximum atomic E-state index is 14.2. The summed E-state index contributed by atoms with van der Waals surface area (Å²) in [6, 6.07) is 14.8. The topological polar surface area (TPSA) is 106 Å². The molecule has 7 rings (SSSR count). The number of rotatable bonds is 7. The van der Waals surface area contributed by atoms with Gasteiger partial charge in [0, 0.05) is 95.5 Å². The summed E-state index contributed by atoms with van der Waals surface area (Å²) < 4.78 is 1.85. The van der Waals surface area contributed by atoms with Crippen LogP contribution in [0.3, 0.4) is 0 Å². The van der Waals surface area contributed by atoms with E-state index in [1.165, 1.54) is 0 Å². The van der Waals surface area contributed by atoms with Crippen LogP contribution in [0.25, 0.3) is 10.9 Å². The lowest BCUT2D eigenvalue weighted by Crippen LogP contribution is -2.53. The summed E-state index contributed by atoms with van der Waals surface area (Å²) in [4.78, 5) is 49.6. The van der Waals surface area contributed by atoms with E-state index in [4.69, 9.17) is 0 Å². The Kier molecular flexibility index (Phi) is 9.44. The van der Waals surface area contributed by atoms with Crippen LogP contribution in [-0.2, 0) is 29.5 Å². The van der Waals surface area contributed by atoms with Crippen LogP contribution in [0.2, 0.25) is 0 Å². The molecule has 3 fully saturated rings. The van der Waals surface area contributed by atoms with Gasteiger partial charge in [0.2, 0.25) is 11.8 Å². The van der Waals surface area contributed by atoms with Crippen LogP contribution < -0.4 is 10.6 Å². The molecule has 11 nitrogen and oxygen atoms in total. The molecule has 0 aliphatic carbocycles. The summed E-state index contributed by atoms with van der Waals surface area (Å²) in [6.45, 7) is 7.55. The molecule has 4 aliphatic rings. The summed E-state index contributed by atoms with van der Waals surface area (Å²) in [5.41, 5.74) is 4.15. The van der Waals surface area contributed by atoms with E-state index in [2.05, 4.69) is 44.9 Å². The van der Waals surface area contributed by atoms with Crippen LogP contribution in [0.1, 0.15) is 43.2 Å². The summed E-state index contributed by atoms with van der Waals surface area (Å²) in [5, 5.41) is 11.9. The molecule has 0 spiro atoms. The van der Waals surface area contributed by atoms with Crippen molar-refractivity contribution < 1.29 is 14.4 Å². The molecule has 4 aliphatic heterocycles. The number of urea groups is 1. The van der Waals surface area contributed by atoms with Gasteiger partial charge in [-0.25, -0.2) is 4.79 Å². The molecular formula is C36H48N8O3. The Bertz CT molecular complexity index is 1580. The number of anilines is 1. The Morgan fingerprint density at radius 1 is 0.894 bits per heavy atom. The zero-order valence-corrected chi connectivity index (χ0v) is 27.6. The number of nitrogens with one attached hydrogen (secondary N) is 2. The van der Waals surface area contributed by atoms with E-state index in [-0.39, 0.29) is 30.3 Å². The molecule has 0 bridgehead atoms. The number of nitrogens with zero attached hydrogens (tertiary/aromatic N) is 6. The number of carbonyl (C=O) groups excluding carboxylic acids is 3. The first-order valence-corrected chi connectivity index (χ1v) is 17.5. The minimum Gasteiger partial charge on any atom is -0.343 e. The van der Waals surface area contributed by atoms with Gasteiger partial charge in [0.1, 0.15) is 0 Å². The highest BCUT2D eigenvalue weighted by Crippen LogP contribution is 2.27. The number of amides is 4. The number of aromatic nitrogens is 2. The van der Waals surface area contributed by atoms with E-state index in [0.717, 1.165) is 99.1 Å². The Morgan fingerprint density at radius 3 is 2.40 bits per heavy atom. The second-order valence-corrected chi connectivity index (χ2v) is 13.8. The third-order valence-electron chi connectivity index (χ3n) is 10.9. The maximum Gasteiger partial charge on any atom is 0.322 e. The SMILES string of the molecule is Cn1ncc2cc(CC(CC(=O)N3CCC(N4CCc5ccccc5NC4=O)CC3)C(=O)N3CCC(N4CCNCC4)CC3)ccc21. The van der Waals surface area contributed by atoms with Gasteiger partial charge in [0.05, 0.1) is 17.6 Å². The summed E-state index contributed by atoms with van der Waals surface area (Å²) >= 11 is 0. The predicted molar refractivity (Wildman–Crippen MR) is 182 cm³/mol. The zero-order valence-electron chi connectivity index (χ0n) is 27.6. The second-order valence-electron chi connectivity index (χ2n) is 13.8. The van der Waals surface area contributed by atoms with Crippen LogP contribution in [0.4, 0.5) is 10.5 Å². The molecule has 1 aromatic heterocycles. The summed E-state index contributed by atoms with van der Waals surface area (Å²) in [7, 11) is 1.93. The minimum atomic E-state index is -0.417. The molecule has 1 unspecified atom stereocenters. The maximum absolute atomic E-state index is 14.2. The van der Waals surface area contributed by atoms with Crippen molar-refractivity contribution in [2.75, 3.05) is 64.2 Å². The molecule has 250 valence electrons. The van der Waals surface area contributed by atoms with Crippen LogP contribution in [0.15, 0.2) is 48.7 Å². The number of para-hydroxylation sites is 1. The molecule has 47 heavy (non-hydrogen) atoms. The molecule has 1 atom stereocenters. The third kappa shape index (κ3) is 7.01. The molecule has 11 heteroatoms. The minimum absolute atomic E-state index is 0.0349. The Labute approximate surface area is 277 Å². The fraction of sp³-hybridized carbons (Fsp3) is 0.556. The van der Waals surface area contributed by atoms with Crippen molar-refractivity contribution in [2.45, 2.75) is 57.0 Å². The standard InChI is InChI=1S/C36H48N8O3/c1-40-33-7-6-26(23-29(33)25-38-40)22-28(35(46)43-17-9-30(10-18-43)41-20-13-37-14-21-41)24-34(45)42-15-11-31(12-16-42)44-19-8-27-4-2-3-5-32(27)39-36(44)47/h2-7,23,25,28,30-31,37H,8-22,24H2,1H3,(H,39,47). The highest BCUT2D eigenvalue weighted by molar-refractivity contribution is 5.91. The van der Waals surface area contributed by atoms with Gasteiger partial charge in [-0.3, -0.25) is 19.2 Å². The van der Waals surface area contributed by atoms with E-state index in [1.54, 1.807) is 0 Å². The number of fused-ring (bicyclic) bond motifs is 2. The lowest BCUT2D eigenvalue weighted by Gasteiger charge is -2.41. The number of hydrogen-bond donors (Lipinski definition) is 2. The van der Waals surface area contributed by atoms with Gasteiger partial charge in [-0.1, -0.05) is 24.3 Å². The number of piperidine rings is 2. The Morgan fingerprint density at radius 2 is 1.62 bits per heavy atom. The van der Waals surface area contributed by atoms with Crippen molar-refractivity contribution in [3.63, 3.8) is 0 Å². The highest BCUT2D eigenvalue weighted by Gasteiger charge is 2.35. The van der Waals surface area contributed by atoms with Crippen molar-refractivity contribution in [2.24, 2.45) is 13.0 Å². The Balaban J connectivity index is 0.995. The predicted octanol–water partition coefficient (Wildman–Crippen LogP) is 3.10. The zero-order chi connectivity index (χ0) is 32.3. The van der Waals surface area contributed by atoms with Crippen LogP contribution in [0, 0.1) is 5.92 Å². The van der Waals surface area contributed by atoms with Gasteiger partial charge in [0.25, 0.3) is 0 Å². The summed E-state index contributed by atoms with van der Waals surface area (Å²) in [5.74, 6) is -0.285. The smallest absolute Gasteiger partial charge is 0.322 e. The van der Waals surface area contributed by atoms with Gasteiger partial charge < -0.3 is 25.3 Å². The summed E-state index contributed by atoms with van der Waals surface area (Å²) in [6.07, 6.45) is 6.85. The van der Waals surface area contributed by atoms with E-state index >= 15 is 0 Å². The number of benzene rings is 2. The van der Waals surface area contributed by atoms with Gasteiger partial charge in [-0.05, 0) is 67.9 Å². The number of carbonyl (C=O) groups is 3. The molecule has 3 saturated heterocycles. The number of aryl methyl sites for hydroxylation is 1. The first kappa shape index (κ1) is 31.6. The average molecular weight is 641 g/mol. The Hall–Kier alpha value is -3.96. The molecule has 3 aromatic rings. The first-order chi connectivity index (χ1) is 22.9. The lowest BCUT2D eigenvalue weighted by atomic mass is 9.91. The molecular weight excluding hydrogens is 592 g/mol. The van der Waals surface area contributed by atoms with Crippen molar-refractivity contribution >= 4 is 34.4 Å². The number of piperazine rings is 1. The third-order valence-corrected chi connectivity index (χ3v) is 10.9. The first-order valence-electron chi connectivity index (χ1n) is 17.5. The van der Waals surface area contributed by atoms with Gasteiger partial charge in [-0.2, -0.15) is 5.10 Å². The van der Waals surface area contributed by atoms with Gasteiger partial charge >= 0.3 is 6.03 Å². The van der Waals surface area contributed by atoms with Crippen LogP contribution in [0.5, 0.6) is 0 Å². The second kappa shape index (κ2) is 14.0. The van der Waals surface area contributed by atoms with Crippen molar-refractivity contribution in [3.05, 3.63) is 59.8 Å². The van der Waals surface area contributed by atoms with Crippen LogP contribution >= 0.6 is 0 Å². The molecule has 5 heterocycles. The van der Waals surface area contributed by atoms with E-state index < -0.39 is 5.92 Å². The number of likely N-dealkylation sites (tertiary alicyclic amines) is 2. The molecule has 0 radical (unpaired) electrons.